The lowest BCUT2D eigenvalue weighted by atomic mass is 10.1. The third-order valence-electron chi connectivity index (χ3n) is 2.68. The van der Waals surface area contributed by atoms with Gasteiger partial charge in [-0.2, -0.15) is 0 Å². The monoisotopic (exact) mass is 230 g/mol. The highest BCUT2D eigenvalue weighted by molar-refractivity contribution is 5.74. The predicted molar refractivity (Wildman–Crippen MR) is 63.8 cm³/mol. The van der Waals surface area contributed by atoms with Crippen molar-refractivity contribution in [2.45, 2.75) is 19.4 Å². The maximum Gasteiger partial charge on any atom is 0.312 e. The highest BCUT2D eigenvalue weighted by atomic mass is 16.4. The van der Waals surface area contributed by atoms with Crippen LogP contribution in [-0.2, 0) is 11.3 Å². The van der Waals surface area contributed by atoms with E-state index in [4.69, 9.17) is 5.11 Å². The fourth-order valence-corrected chi connectivity index (χ4v) is 1.61. The van der Waals surface area contributed by atoms with Crippen LogP contribution in [-0.4, -0.2) is 20.6 Å². The summed E-state index contributed by atoms with van der Waals surface area (Å²) >= 11 is 0. The Morgan fingerprint density at radius 3 is 2.76 bits per heavy atom. The standard InChI is InChI=1S/C13H14N2O2/c1-10(13(16)17)12-8-15(9-14-12)7-11-5-3-2-4-6-11/h2-6,8-10H,7H2,1H3,(H,16,17). The van der Waals surface area contributed by atoms with Gasteiger partial charge in [0.25, 0.3) is 0 Å². The highest BCUT2D eigenvalue weighted by Gasteiger charge is 2.16. The summed E-state index contributed by atoms with van der Waals surface area (Å²) < 4.78 is 1.89. The molecule has 1 heterocycles. The minimum absolute atomic E-state index is 0.563. The van der Waals surface area contributed by atoms with Gasteiger partial charge in [0, 0.05) is 12.7 Å². The van der Waals surface area contributed by atoms with E-state index >= 15 is 0 Å². The third-order valence-corrected chi connectivity index (χ3v) is 2.68. The normalized spacial score (nSPS) is 12.3. The number of carboxylic acid groups (broad SMARTS) is 1. The molecular weight excluding hydrogens is 216 g/mol. The molecular formula is C13H14N2O2. The van der Waals surface area contributed by atoms with Crippen LogP contribution in [0.2, 0.25) is 0 Å². The third kappa shape index (κ3) is 2.72. The summed E-state index contributed by atoms with van der Waals surface area (Å²) in [5.41, 5.74) is 1.76. The van der Waals surface area contributed by atoms with E-state index < -0.39 is 11.9 Å². The first-order valence-corrected chi connectivity index (χ1v) is 5.45. The van der Waals surface area contributed by atoms with Crippen LogP contribution in [0.25, 0.3) is 0 Å². The summed E-state index contributed by atoms with van der Waals surface area (Å²) in [5.74, 6) is -1.41. The van der Waals surface area contributed by atoms with E-state index in [9.17, 15) is 4.79 Å². The molecule has 0 saturated carbocycles. The first kappa shape index (κ1) is 11.4. The molecule has 0 aliphatic carbocycles. The maximum atomic E-state index is 10.8. The van der Waals surface area contributed by atoms with Crippen molar-refractivity contribution in [2.75, 3.05) is 0 Å². The molecule has 1 N–H and O–H groups in total. The van der Waals surface area contributed by atoms with Gasteiger partial charge < -0.3 is 9.67 Å². The molecule has 88 valence electrons. The first-order chi connectivity index (χ1) is 8.16. The van der Waals surface area contributed by atoms with E-state index in [0.717, 1.165) is 0 Å². The molecule has 2 rings (SSSR count). The highest BCUT2D eigenvalue weighted by Crippen LogP contribution is 2.13. The Hall–Kier alpha value is -2.10. The number of aliphatic carboxylic acids is 1. The van der Waals surface area contributed by atoms with E-state index in [1.54, 1.807) is 19.4 Å². The zero-order chi connectivity index (χ0) is 12.3. The van der Waals surface area contributed by atoms with E-state index in [1.165, 1.54) is 5.56 Å². The Labute approximate surface area is 99.5 Å². The summed E-state index contributed by atoms with van der Waals surface area (Å²) in [4.78, 5) is 14.9. The zero-order valence-corrected chi connectivity index (χ0v) is 9.58. The largest absolute Gasteiger partial charge is 0.481 e. The number of nitrogens with zero attached hydrogens (tertiary/aromatic N) is 2. The lowest BCUT2D eigenvalue weighted by molar-refractivity contribution is -0.138. The molecule has 0 aliphatic heterocycles. The minimum atomic E-state index is -0.852. The van der Waals surface area contributed by atoms with Gasteiger partial charge >= 0.3 is 5.97 Å². The fraction of sp³-hybridized carbons (Fsp3) is 0.231. The Morgan fingerprint density at radius 2 is 2.12 bits per heavy atom. The molecule has 4 heteroatoms. The van der Waals surface area contributed by atoms with Crippen LogP contribution in [0.1, 0.15) is 24.1 Å². The van der Waals surface area contributed by atoms with Crippen LogP contribution in [0.5, 0.6) is 0 Å². The van der Waals surface area contributed by atoms with Gasteiger partial charge in [-0.3, -0.25) is 4.79 Å². The van der Waals surface area contributed by atoms with Gasteiger partial charge in [-0.05, 0) is 12.5 Å². The topological polar surface area (TPSA) is 55.1 Å². The van der Waals surface area contributed by atoms with Crippen molar-refractivity contribution in [3.63, 3.8) is 0 Å². The summed E-state index contributed by atoms with van der Waals surface area (Å²) in [5, 5.41) is 8.89. The smallest absolute Gasteiger partial charge is 0.312 e. The molecule has 4 nitrogen and oxygen atoms in total. The molecule has 1 aromatic carbocycles. The number of carboxylic acids is 1. The second-order valence-corrected chi connectivity index (χ2v) is 4.02. The lowest BCUT2D eigenvalue weighted by Gasteiger charge is -2.02. The van der Waals surface area contributed by atoms with Crippen LogP contribution in [0.3, 0.4) is 0 Å². The van der Waals surface area contributed by atoms with Crippen LogP contribution in [0, 0.1) is 0 Å². The first-order valence-electron chi connectivity index (χ1n) is 5.45. The van der Waals surface area contributed by atoms with Crippen molar-refractivity contribution < 1.29 is 9.90 Å². The van der Waals surface area contributed by atoms with Crippen molar-refractivity contribution in [3.05, 3.63) is 54.1 Å². The summed E-state index contributed by atoms with van der Waals surface area (Å²) in [6.07, 6.45) is 3.45. The predicted octanol–water partition coefficient (Wildman–Crippen LogP) is 2.12. The number of hydrogen-bond acceptors (Lipinski definition) is 2. The Balaban J connectivity index is 2.11. The molecule has 0 saturated heterocycles. The van der Waals surface area contributed by atoms with E-state index in [-0.39, 0.29) is 0 Å². The van der Waals surface area contributed by atoms with Gasteiger partial charge in [-0.1, -0.05) is 30.3 Å². The van der Waals surface area contributed by atoms with Crippen molar-refractivity contribution in [2.24, 2.45) is 0 Å². The molecule has 0 fully saturated rings. The average Bonchev–Trinajstić information content (AvgIpc) is 2.77. The molecule has 0 amide bonds. The zero-order valence-electron chi connectivity index (χ0n) is 9.58. The van der Waals surface area contributed by atoms with Crippen molar-refractivity contribution in [3.8, 4) is 0 Å². The van der Waals surface area contributed by atoms with Gasteiger partial charge in [-0.15, -0.1) is 0 Å². The second-order valence-electron chi connectivity index (χ2n) is 4.02. The minimum Gasteiger partial charge on any atom is -0.481 e. The van der Waals surface area contributed by atoms with Crippen molar-refractivity contribution in [1.29, 1.82) is 0 Å². The van der Waals surface area contributed by atoms with Gasteiger partial charge in [0.05, 0.1) is 17.9 Å². The van der Waals surface area contributed by atoms with Crippen molar-refractivity contribution >= 4 is 5.97 Å². The molecule has 1 atom stereocenters. The van der Waals surface area contributed by atoms with E-state index in [1.807, 2.05) is 34.9 Å². The number of rotatable bonds is 4. The molecule has 0 radical (unpaired) electrons. The number of imidazole rings is 1. The summed E-state index contributed by atoms with van der Waals surface area (Å²) in [6, 6.07) is 9.98. The molecule has 1 unspecified atom stereocenters. The van der Waals surface area contributed by atoms with Crippen LogP contribution in [0.15, 0.2) is 42.9 Å². The SMILES string of the molecule is CC(C(=O)O)c1cn(Cc2ccccc2)cn1. The molecule has 0 spiro atoms. The van der Waals surface area contributed by atoms with Crippen molar-refractivity contribution in [1.82, 2.24) is 9.55 Å². The molecule has 0 aliphatic rings. The quantitative estimate of drug-likeness (QED) is 0.875. The number of benzene rings is 1. The maximum absolute atomic E-state index is 10.8. The summed E-state index contributed by atoms with van der Waals surface area (Å²) in [6.45, 7) is 2.34. The number of aromatic nitrogens is 2. The molecule has 1 aromatic heterocycles. The average molecular weight is 230 g/mol. The lowest BCUT2D eigenvalue weighted by Crippen LogP contribution is -2.07. The van der Waals surface area contributed by atoms with Crippen LogP contribution >= 0.6 is 0 Å². The Kier molecular flexibility index (Phi) is 3.23. The van der Waals surface area contributed by atoms with Crippen LogP contribution in [0.4, 0.5) is 0 Å². The molecule has 0 bridgehead atoms. The number of hydrogen-bond donors (Lipinski definition) is 1. The van der Waals surface area contributed by atoms with Gasteiger partial charge in [0.1, 0.15) is 0 Å². The second kappa shape index (κ2) is 4.82. The summed E-state index contributed by atoms with van der Waals surface area (Å²) in [7, 11) is 0. The molecule has 2 aromatic rings. The Bertz CT molecular complexity index is 505. The van der Waals surface area contributed by atoms with Gasteiger partial charge in [0.2, 0.25) is 0 Å². The van der Waals surface area contributed by atoms with Gasteiger partial charge in [-0.25, -0.2) is 4.98 Å². The number of carbonyl (C=O) groups is 1. The van der Waals surface area contributed by atoms with E-state index in [0.29, 0.717) is 12.2 Å². The fourth-order valence-electron chi connectivity index (χ4n) is 1.61. The van der Waals surface area contributed by atoms with E-state index in [2.05, 4.69) is 4.98 Å². The molecule has 17 heavy (non-hydrogen) atoms. The Morgan fingerprint density at radius 1 is 1.41 bits per heavy atom. The van der Waals surface area contributed by atoms with Gasteiger partial charge in [0.15, 0.2) is 0 Å². The van der Waals surface area contributed by atoms with Crippen LogP contribution < -0.4 is 0 Å².